The van der Waals surface area contributed by atoms with E-state index in [4.69, 9.17) is 4.98 Å². The van der Waals surface area contributed by atoms with Gasteiger partial charge in [0.05, 0.1) is 17.9 Å². The number of aromatic nitrogens is 3. The fourth-order valence-corrected chi connectivity index (χ4v) is 4.34. The predicted molar refractivity (Wildman–Crippen MR) is 113 cm³/mol. The fraction of sp³-hybridized carbons (Fsp3) is 0.417. The lowest BCUT2D eigenvalue weighted by atomic mass is 9.98. The molecule has 0 amide bonds. The average molecular weight is 375 g/mol. The monoisotopic (exact) mass is 374 g/mol. The van der Waals surface area contributed by atoms with Crippen LogP contribution in [0.1, 0.15) is 58.2 Å². The van der Waals surface area contributed by atoms with Crippen molar-refractivity contribution in [3.05, 3.63) is 81.9 Å². The molecule has 1 saturated heterocycles. The fourth-order valence-electron chi connectivity index (χ4n) is 4.34. The van der Waals surface area contributed by atoms with E-state index >= 15 is 0 Å². The molecule has 0 saturated carbocycles. The summed E-state index contributed by atoms with van der Waals surface area (Å²) in [7, 11) is 2.01. The quantitative estimate of drug-likeness (QED) is 0.651. The normalized spacial score (nSPS) is 17.4. The number of nitrogens with zero attached hydrogens (tertiary/aromatic N) is 4. The molecule has 3 heterocycles. The van der Waals surface area contributed by atoms with Crippen LogP contribution in [0.3, 0.4) is 0 Å². The van der Waals surface area contributed by atoms with Gasteiger partial charge in [0.2, 0.25) is 0 Å². The molecule has 2 aromatic heterocycles. The smallest absolute Gasteiger partial charge is 0.0581 e. The summed E-state index contributed by atoms with van der Waals surface area (Å²) < 4.78 is 1.96. The number of rotatable bonds is 5. The Bertz CT molecular complexity index is 972. The molecule has 0 N–H and O–H groups in total. The Kier molecular flexibility index (Phi) is 5.31. The molecule has 0 spiro atoms. The summed E-state index contributed by atoms with van der Waals surface area (Å²) in [4.78, 5) is 7.51. The molecule has 28 heavy (non-hydrogen) atoms. The second-order valence-electron chi connectivity index (χ2n) is 8.15. The molecule has 3 aromatic rings. The summed E-state index contributed by atoms with van der Waals surface area (Å²) in [5, 5.41) is 4.41. The number of hydrogen-bond donors (Lipinski definition) is 0. The van der Waals surface area contributed by atoms with Gasteiger partial charge in [-0.2, -0.15) is 5.10 Å². The van der Waals surface area contributed by atoms with Crippen LogP contribution in [0.4, 0.5) is 0 Å². The van der Waals surface area contributed by atoms with E-state index in [9.17, 15) is 0 Å². The molecule has 146 valence electrons. The molecule has 0 bridgehead atoms. The van der Waals surface area contributed by atoms with E-state index in [0.29, 0.717) is 6.04 Å². The second-order valence-corrected chi connectivity index (χ2v) is 8.15. The van der Waals surface area contributed by atoms with Crippen LogP contribution < -0.4 is 0 Å². The first-order chi connectivity index (χ1) is 13.5. The van der Waals surface area contributed by atoms with Gasteiger partial charge < -0.3 is 0 Å². The van der Waals surface area contributed by atoms with Crippen LogP contribution >= 0.6 is 0 Å². The first-order valence-corrected chi connectivity index (χ1v) is 10.2. The van der Waals surface area contributed by atoms with Crippen molar-refractivity contribution in [2.24, 2.45) is 7.05 Å². The summed E-state index contributed by atoms with van der Waals surface area (Å²) in [6.45, 7) is 8.54. The Labute approximate surface area is 168 Å². The zero-order valence-corrected chi connectivity index (χ0v) is 17.4. The van der Waals surface area contributed by atoms with Crippen molar-refractivity contribution in [2.45, 2.75) is 52.6 Å². The molecule has 4 heteroatoms. The van der Waals surface area contributed by atoms with E-state index in [1.54, 1.807) is 0 Å². The van der Waals surface area contributed by atoms with Crippen molar-refractivity contribution in [3.63, 3.8) is 0 Å². The van der Waals surface area contributed by atoms with Gasteiger partial charge in [0.1, 0.15) is 0 Å². The molecule has 4 nitrogen and oxygen atoms in total. The summed E-state index contributed by atoms with van der Waals surface area (Å²) in [5.41, 5.74) is 9.03. The van der Waals surface area contributed by atoms with Crippen molar-refractivity contribution < 1.29 is 0 Å². The van der Waals surface area contributed by atoms with E-state index in [-0.39, 0.29) is 0 Å². The zero-order valence-electron chi connectivity index (χ0n) is 17.4. The Morgan fingerprint density at radius 3 is 2.64 bits per heavy atom. The lowest BCUT2D eigenvalue weighted by Gasteiger charge is -2.24. The molecule has 0 unspecified atom stereocenters. The van der Waals surface area contributed by atoms with Gasteiger partial charge >= 0.3 is 0 Å². The van der Waals surface area contributed by atoms with Crippen LogP contribution in [0.2, 0.25) is 0 Å². The van der Waals surface area contributed by atoms with Crippen molar-refractivity contribution in [1.82, 2.24) is 19.7 Å². The molecule has 1 aromatic carbocycles. The van der Waals surface area contributed by atoms with Gasteiger partial charge in [0.15, 0.2) is 0 Å². The zero-order chi connectivity index (χ0) is 19.7. The molecule has 1 aliphatic heterocycles. The molecule has 1 atom stereocenters. The maximum Gasteiger partial charge on any atom is 0.0581 e. The molecule has 1 aliphatic rings. The highest BCUT2D eigenvalue weighted by atomic mass is 15.3. The van der Waals surface area contributed by atoms with Crippen molar-refractivity contribution >= 4 is 0 Å². The van der Waals surface area contributed by atoms with Crippen molar-refractivity contribution in [3.8, 4) is 0 Å². The van der Waals surface area contributed by atoms with Crippen molar-refractivity contribution in [1.29, 1.82) is 0 Å². The minimum Gasteiger partial charge on any atom is -0.290 e. The topological polar surface area (TPSA) is 34.0 Å². The summed E-state index contributed by atoms with van der Waals surface area (Å²) in [5.74, 6) is 0. The number of likely N-dealkylation sites (tertiary alicyclic amines) is 1. The Morgan fingerprint density at radius 1 is 1.07 bits per heavy atom. The second kappa shape index (κ2) is 7.88. The number of pyridine rings is 1. The maximum atomic E-state index is 4.94. The van der Waals surface area contributed by atoms with E-state index in [1.807, 2.05) is 17.9 Å². The van der Waals surface area contributed by atoms with Crippen LogP contribution in [-0.2, 0) is 20.0 Å². The Hall–Kier alpha value is -2.46. The van der Waals surface area contributed by atoms with Crippen LogP contribution in [0.5, 0.6) is 0 Å². The molecular weight excluding hydrogens is 344 g/mol. The lowest BCUT2D eigenvalue weighted by Crippen LogP contribution is -2.24. The van der Waals surface area contributed by atoms with E-state index in [2.05, 4.69) is 67.2 Å². The molecular formula is C24H30N4. The van der Waals surface area contributed by atoms with Crippen LogP contribution in [0, 0.1) is 20.8 Å². The van der Waals surface area contributed by atoms with Gasteiger partial charge in [-0.25, -0.2) is 0 Å². The van der Waals surface area contributed by atoms with Crippen LogP contribution in [0.25, 0.3) is 0 Å². The van der Waals surface area contributed by atoms with Gasteiger partial charge in [0, 0.05) is 30.5 Å². The first-order valence-electron chi connectivity index (χ1n) is 10.2. The number of aryl methyl sites for hydroxylation is 3. The molecule has 4 rings (SSSR count). The van der Waals surface area contributed by atoms with E-state index < -0.39 is 0 Å². The Morgan fingerprint density at radius 2 is 1.89 bits per heavy atom. The van der Waals surface area contributed by atoms with Crippen LogP contribution in [0.15, 0.2) is 42.6 Å². The van der Waals surface area contributed by atoms with Gasteiger partial charge in [0.25, 0.3) is 0 Å². The van der Waals surface area contributed by atoms with E-state index in [0.717, 1.165) is 25.2 Å². The standard InChI is InChI=1S/C24H30N4/c1-17-8-5-6-9-21(17)13-20-12-18(2)26-23(14-20)24-10-7-11-28(24)16-22-15-25-27(4)19(22)3/h5-6,8-9,12,14-15,24H,7,10-11,13,16H2,1-4H3/t24-/m0/s1. The first kappa shape index (κ1) is 18.9. The highest BCUT2D eigenvalue weighted by molar-refractivity contribution is 5.34. The minimum atomic E-state index is 0.398. The van der Waals surface area contributed by atoms with Gasteiger partial charge in [-0.3, -0.25) is 14.6 Å². The average Bonchev–Trinajstić information content (AvgIpc) is 3.25. The highest BCUT2D eigenvalue weighted by Crippen LogP contribution is 2.33. The summed E-state index contributed by atoms with van der Waals surface area (Å²) >= 11 is 0. The third kappa shape index (κ3) is 3.88. The Balaban J connectivity index is 1.58. The van der Waals surface area contributed by atoms with Gasteiger partial charge in [-0.05, 0) is 75.4 Å². The molecule has 1 fully saturated rings. The third-order valence-electron chi connectivity index (χ3n) is 6.10. The SMILES string of the molecule is Cc1cc(Cc2ccccc2C)cc([C@@H]2CCCN2Cc2cnn(C)c2C)n1. The lowest BCUT2D eigenvalue weighted by molar-refractivity contribution is 0.243. The third-order valence-corrected chi connectivity index (χ3v) is 6.10. The molecule has 0 radical (unpaired) electrons. The minimum absolute atomic E-state index is 0.398. The number of hydrogen-bond acceptors (Lipinski definition) is 3. The molecule has 0 aliphatic carbocycles. The largest absolute Gasteiger partial charge is 0.290 e. The highest BCUT2D eigenvalue weighted by Gasteiger charge is 2.28. The maximum absolute atomic E-state index is 4.94. The number of benzene rings is 1. The van der Waals surface area contributed by atoms with Gasteiger partial charge in [-0.1, -0.05) is 24.3 Å². The summed E-state index contributed by atoms with van der Waals surface area (Å²) in [6.07, 6.45) is 5.39. The van der Waals surface area contributed by atoms with Crippen LogP contribution in [-0.4, -0.2) is 26.2 Å². The van der Waals surface area contributed by atoms with Gasteiger partial charge in [-0.15, -0.1) is 0 Å². The predicted octanol–water partition coefficient (Wildman–Crippen LogP) is 4.67. The van der Waals surface area contributed by atoms with E-state index in [1.165, 1.54) is 46.5 Å². The summed E-state index contributed by atoms with van der Waals surface area (Å²) in [6, 6.07) is 13.6. The van der Waals surface area contributed by atoms with Crippen molar-refractivity contribution in [2.75, 3.05) is 6.54 Å².